The Bertz CT molecular complexity index is 1160. The number of rotatable bonds is 3. The number of benzene rings is 1. The molecule has 8 heteroatoms. The zero-order chi connectivity index (χ0) is 22.4. The second-order valence-electron chi connectivity index (χ2n) is 9.36. The normalized spacial score (nSPS) is 26.6. The number of hydrogen-bond donors (Lipinski definition) is 2. The number of aryl methyl sites for hydroxylation is 1. The van der Waals surface area contributed by atoms with Crippen LogP contribution in [0, 0.1) is 0 Å². The standard InChI is InChI=1S/C25H27FN6O/c26-24-20-6-1-5-17(28-20)14-22(24)32-11-3-4-16-12-21(30-31-25(16)32)18-9-8-15(13-23(18)33)19-7-2-10-27-29-19/h2,7-10,12-13,17,20,22,24,28,33H,1,3-6,11,14H2/t17-,20+,22-,24+/m0/s1. The lowest BCUT2D eigenvalue weighted by molar-refractivity contribution is 0.104. The third-order valence-electron chi connectivity index (χ3n) is 7.31. The van der Waals surface area contributed by atoms with E-state index in [2.05, 4.69) is 30.6 Å². The molecule has 2 N–H and O–H groups in total. The van der Waals surface area contributed by atoms with Gasteiger partial charge in [0.25, 0.3) is 0 Å². The van der Waals surface area contributed by atoms with Crippen LogP contribution in [-0.2, 0) is 6.42 Å². The highest BCUT2D eigenvalue weighted by atomic mass is 19.1. The van der Waals surface area contributed by atoms with Crippen molar-refractivity contribution in [1.82, 2.24) is 25.7 Å². The molecule has 33 heavy (non-hydrogen) atoms. The highest BCUT2D eigenvalue weighted by molar-refractivity contribution is 5.73. The van der Waals surface area contributed by atoms with E-state index in [4.69, 9.17) is 0 Å². The number of halogens is 1. The Kier molecular flexibility index (Phi) is 5.17. The Labute approximate surface area is 192 Å². The molecule has 0 aliphatic carbocycles. The number of aromatic nitrogens is 4. The van der Waals surface area contributed by atoms with Crippen molar-refractivity contribution < 1.29 is 9.50 Å². The Morgan fingerprint density at radius 1 is 1.03 bits per heavy atom. The number of phenolic OH excluding ortho intramolecular Hbond substituents is 1. The fourth-order valence-electron chi connectivity index (χ4n) is 5.69. The van der Waals surface area contributed by atoms with E-state index in [1.165, 1.54) is 0 Å². The van der Waals surface area contributed by atoms with Gasteiger partial charge in [0.2, 0.25) is 0 Å². The van der Waals surface area contributed by atoms with Gasteiger partial charge >= 0.3 is 0 Å². The molecule has 2 saturated heterocycles. The van der Waals surface area contributed by atoms with Crippen LogP contribution in [0.25, 0.3) is 22.5 Å². The molecule has 0 unspecified atom stereocenters. The maximum atomic E-state index is 15.4. The van der Waals surface area contributed by atoms with Gasteiger partial charge in [0.15, 0.2) is 5.82 Å². The smallest absolute Gasteiger partial charge is 0.154 e. The monoisotopic (exact) mass is 446 g/mol. The van der Waals surface area contributed by atoms with Crippen LogP contribution in [0.5, 0.6) is 5.75 Å². The lowest BCUT2D eigenvalue weighted by Gasteiger charge is -2.48. The molecule has 0 amide bonds. The summed E-state index contributed by atoms with van der Waals surface area (Å²) in [7, 11) is 0. The molecule has 3 aromatic rings. The van der Waals surface area contributed by atoms with Crippen LogP contribution in [0.3, 0.4) is 0 Å². The van der Waals surface area contributed by atoms with E-state index in [-0.39, 0.29) is 17.8 Å². The Hall–Kier alpha value is -3.13. The van der Waals surface area contributed by atoms with Crippen molar-refractivity contribution >= 4 is 5.82 Å². The summed E-state index contributed by atoms with van der Waals surface area (Å²) in [5.41, 5.74) is 3.79. The van der Waals surface area contributed by atoms with Crippen LogP contribution in [-0.4, -0.2) is 56.3 Å². The molecule has 4 atom stereocenters. The van der Waals surface area contributed by atoms with E-state index in [9.17, 15) is 5.11 Å². The number of hydrogen-bond acceptors (Lipinski definition) is 7. The second-order valence-corrected chi connectivity index (χ2v) is 9.36. The first-order chi connectivity index (χ1) is 16.2. The zero-order valence-corrected chi connectivity index (χ0v) is 18.4. The number of anilines is 1. The largest absolute Gasteiger partial charge is 0.507 e. The highest BCUT2D eigenvalue weighted by Gasteiger charge is 2.43. The van der Waals surface area contributed by atoms with Crippen molar-refractivity contribution in [1.29, 1.82) is 0 Å². The molecule has 170 valence electrons. The number of piperidine rings is 2. The summed E-state index contributed by atoms with van der Waals surface area (Å²) >= 11 is 0. The van der Waals surface area contributed by atoms with E-state index < -0.39 is 6.17 Å². The first kappa shape index (κ1) is 20.5. The first-order valence-corrected chi connectivity index (χ1v) is 11.8. The number of alkyl halides is 1. The van der Waals surface area contributed by atoms with Gasteiger partial charge in [-0.15, -0.1) is 10.2 Å². The molecular formula is C25H27FN6O. The average Bonchev–Trinajstić information content (AvgIpc) is 2.86. The zero-order valence-electron chi connectivity index (χ0n) is 18.4. The summed E-state index contributed by atoms with van der Waals surface area (Å²) in [6.07, 6.45) is 6.50. The SMILES string of the molecule is Oc1cc(-c2cccnn2)ccc1-c1cc2c(nn1)N([C@H]1C[C@@H]3CCC[C@@H](N3)[C@H]1F)CCC2. The Morgan fingerprint density at radius 3 is 2.82 bits per heavy atom. The number of nitrogens with one attached hydrogen (secondary N) is 1. The molecule has 2 aromatic heterocycles. The first-order valence-electron chi connectivity index (χ1n) is 11.8. The van der Waals surface area contributed by atoms with E-state index in [1.807, 2.05) is 30.3 Å². The lowest BCUT2D eigenvalue weighted by atomic mass is 9.81. The van der Waals surface area contributed by atoms with Crippen molar-refractivity contribution in [2.24, 2.45) is 0 Å². The van der Waals surface area contributed by atoms with Crippen molar-refractivity contribution in [3.8, 4) is 28.3 Å². The van der Waals surface area contributed by atoms with Crippen LogP contribution < -0.4 is 10.2 Å². The third-order valence-corrected chi connectivity index (χ3v) is 7.31. The third kappa shape index (κ3) is 3.72. The molecule has 2 fully saturated rings. The lowest BCUT2D eigenvalue weighted by Crippen LogP contribution is -2.62. The predicted molar refractivity (Wildman–Crippen MR) is 124 cm³/mol. The van der Waals surface area contributed by atoms with Crippen molar-refractivity contribution in [3.05, 3.63) is 48.2 Å². The minimum absolute atomic E-state index is 0.0510. The van der Waals surface area contributed by atoms with Crippen LogP contribution in [0.4, 0.5) is 10.2 Å². The van der Waals surface area contributed by atoms with Crippen molar-refractivity contribution in [2.75, 3.05) is 11.4 Å². The average molecular weight is 447 g/mol. The van der Waals surface area contributed by atoms with Crippen LogP contribution in [0.1, 0.15) is 37.7 Å². The van der Waals surface area contributed by atoms with Gasteiger partial charge in [-0.2, -0.15) is 10.2 Å². The summed E-state index contributed by atoms with van der Waals surface area (Å²) in [6.45, 7) is 0.809. The van der Waals surface area contributed by atoms with Crippen molar-refractivity contribution in [3.63, 3.8) is 0 Å². The minimum atomic E-state index is -0.897. The second kappa shape index (κ2) is 8.33. The quantitative estimate of drug-likeness (QED) is 0.635. The molecule has 0 spiro atoms. The molecule has 0 radical (unpaired) electrons. The van der Waals surface area contributed by atoms with Gasteiger partial charge in [0.1, 0.15) is 11.9 Å². The van der Waals surface area contributed by atoms with E-state index in [0.29, 0.717) is 23.0 Å². The minimum Gasteiger partial charge on any atom is -0.507 e. The van der Waals surface area contributed by atoms with Crippen molar-refractivity contribution in [2.45, 2.75) is 62.8 Å². The summed E-state index contributed by atoms with van der Waals surface area (Å²) in [6, 6.07) is 11.3. The fourth-order valence-corrected chi connectivity index (χ4v) is 5.69. The van der Waals surface area contributed by atoms with E-state index in [1.54, 1.807) is 12.3 Å². The summed E-state index contributed by atoms with van der Waals surface area (Å²) in [5.74, 6) is 0.920. The number of aromatic hydroxyl groups is 1. The highest BCUT2D eigenvalue weighted by Crippen LogP contribution is 2.38. The van der Waals surface area contributed by atoms with Gasteiger partial charge in [-0.05, 0) is 68.0 Å². The molecule has 2 bridgehead atoms. The van der Waals surface area contributed by atoms with E-state index >= 15 is 4.39 Å². The molecule has 3 aliphatic rings. The van der Waals surface area contributed by atoms with Crippen LogP contribution in [0.15, 0.2) is 42.6 Å². The molecule has 1 aromatic carbocycles. The summed E-state index contributed by atoms with van der Waals surface area (Å²) in [5, 5.41) is 31.2. The summed E-state index contributed by atoms with van der Waals surface area (Å²) in [4.78, 5) is 2.16. The van der Waals surface area contributed by atoms with Crippen LogP contribution >= 0.6 is 0 Å². The van der Waals surface area contributed by atoms with Crippen LogP contribution in [0.2, 0.25) is 0 Å². The van der Waals surface area contributed by atoms with Gasteiger partial charge in [-0.25, -0.2) is 4.39 Å². The van der Waals surface area contributed by atoms with Gasteiger partial charge in [0.05, 0.1) is 17.4 Å². The molecular weight excluding hydrogens is 419 g/mol. The van der Waals surface area contributed by atoms with Gasteiger partial charge in [0, 0.05) is 36.0 Å². The molecule has 5 heterocycles. The summed E-state index contributed by atoms with van der Waals surface area (Å²) < 4.78 is 15.4. The maximum Gasteiger partial charge on any atom is 0.154 e. The van der Waals surface area contributed by atoms with Gasteiger partial charge in [-0.3, -0.25) is 0 Å². The maximum absolute atomic E-state index is 15.4. The molecule has 0 saturated carbocycles. The van der Waals surface area contributed by atoms with Gasteiger partial charge in [-0.1, -0.05) is 12.5 Å². The van der Waals surface area contributed by atoms with E-state index in [0.717, 1.165) is 62.0 Å². The van der Waals surface area contributed by atoms with Gasteiger partial charge < -0.3 is 15.3 Å². The topological polar surface area (TPSA) is 87.1 Å². The molecule has 7 nitrogen and oxygen atoms in total. The molecule has 6 rings (SSSR count). The number of phenols is 1. The fraction of sp³-hybridized carbons (Fsp3) is 0.440. The number of nitrogens with zero attached hydrogens (tertiary/aromatic N) is 5. The predicted octanol–water partition coefficient (Wildman–Crippen LogP) is 3.68. The number of fused-ring (bicyclic) bond motifs is 3. The molecule has 3 aliphatic heterocycles. The Morgan fingerprint density at radius 2 is 1.97 bits per heavy atom. The Balaban J connectivity index is 1.30.